The first kappa shape index (κ1) is 16.9. The fourth-order valence-electron chi connectivity index (χ4n) is 2.93. The molecular formula is C20H18Cl2Sn. The van der Waals surface area contributed by atoms with Crippen LogP contribution < -0.4 is 0 Å². The van der Waals surface area contributed by atoms with Gasteiger partial charge in [-0.3, -0.25) is 0 Å². The summed E-state index contributed by atoms with van der Waals surface area (Å²) >= 11 is -3.55. The first-order valence-electron chi connectivity index (χ1n) is 7.61. The molecule has 1 aliphatic rings. The molecule has 2 aromatic carbocycles. The zero-order valence-corrected chi connectivity index (χ0v) is 17.6. The molecule has 0 spiro atoms. The number of benzene rings is 2. The molecule has 3 rings (SSSR count). The molecule has 0 aliphatic carbocycles. The molecule has 0 nitrogen and oxygen atoms in total. The Labute approximate surface area is 149 Å². The quantitative estimate of drug-likeness (QED) is 0.461. The number of hydrogen-bond acceptors (Lipinski definition) is 0. The molecular weight excluding hydrogens is 430 g/mol. The Balaban J connectivity index is 2.09. The fraction of sp³-hybridized carbons (Fsp3) is 0.100. The van der Waals surface area contributed by atoms with Gasteiger partial charge in [-0.25, -0.2) is 0 Å². The van der Waals surface area contributed by atoms with Crippen LogP contribution in [0.1, 0.15) is 25.0 Å². The third kappa shape index (κ3) is 3.30. The van der Waals surface area contributed by atoms with E-state index >= 15 is 0 Å². The molecule has 3 heteroatoms. The van der Waals surface area contributed by atoms with Crippen molar-refractivity contribution in [3.8, 4) is 0 Å². The van der Waals surface area contributed by atoms with E-state index in [4.69, 9.17) is 17.8 Å². The van der Waals surface area contributed by atoms with Crippen LogP contribution in [-0.4, -0.2) is 16.1 Å². The summed E-state index contributed by atoms with van der Waals surface area (Å²) in [6, 6.07) is 20.7. The number of hydrogen-bond donors (Lipinski definition) is 0. The maximum absolute atomic E-state index is 6.99. The van der Waals surface area contributed by atoms with Gasteiger partial charge in [0, 0.05) is 0 Å². The molecule has 1 heterocycles. The summed E-state index contributed by atoms with van der Waals surface area (Å²) in [5, 5.41) is 0. The molecule has 23 heavy (non-hydrogen) atoms. The van der Waals surface area contributed by atoms with E-state index in [-0.39, 0.29) is 0 Å². The van der Waals surface area contributed by atoms with Crippen LogP contribution in [-0.2, 0) is 0 Å². The normalized spacial score (nSPS) is 20.5. The van der Waals surface area contributed by atoms with E-state index in [9.17, 15) is 0 Å². The Morgan fingerprint density at radius 2 is 1.00 bits per heavy atom. The topological polar surface area (TPSA) is 0 Å². The maximum atomic E-state index is 6.99. The van der Waals surface area contributed by atoms with Crippen molar-refractivity contribution in [2.75, 3.05) is 0 Å². The van der Waals surface area contributed by atoms with Crippen molar-refractivity contribution < 1.29 is 0 Å². The standard InChI is InChI=1S/C20H18.2ClH.Sn/c1-17(19-13-5-3-6-14-19)11-9-10-12-18(2)20-15-7-4-8-16-20;;;/h3-10,13-16H,1-2H3;2*1H;/q;;;+2/p-2. The van der Waals surface area contributed by atoms with Crippen LogP contribution >= 0.6 is 17.8 Å². The van der Waals surface area contributed by atoms with E-state index in [1.807, 2.05) is 36.4 Å². The van der Waals surface area contributed by atoms with Gasteiger partial charge in [0.25, 0.3) is 0 Å². The predicted molar refractivity (Wildman–Crippen MR) is 105 cm³/mol. The van der Waals surface area contributed by atoms with Gasteiger partial charge in [-0.15, -0.1) is 0 Å². The summed E-state index contributed by atoms with van der Waals surface area (Å²) in [5.41, 5.74) is 4.76. The van der Waals surface area contributed by atoms with E-state index in [1.54, 1.807) is 0 Å². The molecule has 0 amide bonds. The molecule has 0 atom stereocenters. The summed E-state index contributed by atoms with van der Waals surface area (Å²) in [7, 11) is 14.0. The second kappa shape index (κ2) is 6.88. The number of halogens is 2. The fourth-order valence-corrected chi connectivity index (χ4v) is 14.4. The third-order valence-electron chi connectivity index (χ3n) is 4.31. The Kier molecular flexibility index (Phi) is 5.05. The van der Waals surface area contributed by atoms with Gasteiger partial charge < -0.3 is 0 Å². The predicted octanol–water partition coefficient (Wildman–Crippen LogP) is 6.50. The van der Waals surface area contributed by atoms with E-state index < -0.39 is 16.1 Å². The summed E-state index contributed by atoms with van der Waals surface area (Å²) in [6.45, 7) is 4.23. The molecule has 0 N–H and O–H groups in total. The van der Waals surface area contributed by atoms with Crippen LogP contribution in [0, 0.1) is 0 Å². The molecule has 0 bridgehead atoms. The Morgan fingerprint density at radius 1 is 0.652 bits per heavy atom. The van der Waals surface area contributed by atoms with Crippen LogP contribution in [0.25, 0.3) is 11.1 Å². The first-order chi connectivity index (χ1) is 11.0. The third-order valence-corrected chi connectivity index (χ3v) is 16.7. The molecule has 116 valence electrons. The van der Waals surface area contributed by atoms with Crippen molar-refractivity contribution in [2.24, 2.45) is 0 Å². The van der Waals surface area contributed by atoms with Crippen molar-refractivity contribution in [1.29, 1.82) is 0 Å². The monoisotopic (exact) mass is 448 g/mol. The second-order valence-corrected chi connectivity index (χ2v) is 21.0. The van der Waals surface area contributed by atoms with Crippen molar-refractivity contribution in [2.45, 2.75) is 13.8 Å². The Morgan fingerprint density at radius 3 is 1.35 bits per heavy atom. The summed E-state index contributed by atoms with van der Waals surface area (Å²) in [6.07, 6.45) is 4.25. The van der Waals surface area contributed by atoms with Gasteiger partial charge >= 0.3 is 150 Å². The van der Waals surface area contributed by atoms with E-state index in [0.29, 0.717) is 0 Å². The van der Waals surface area contributed by atoms with E-state index in [0.717, 1.165) is 7.18 Å². The molecule has 0 saturated carbocycles. The van der Waals surface area contributed by atoms with Crippen LogP contribution in [0.5, 0.6) is 0 Å². The minimum atomic E-state index is -3.55. The molecule has 0 unspecified atom stereocenters. The SMILES string of the molecule is C/C(=[C]1C=C/[C](=C(/C)c2ccccc2)[Sn]/1([Cl])[Cl])c1ccccc1. The molecule has 1 aliphatic heterocycles. The van der Waals surface area contributed by atoms with Gasteiger partial charge in [0.1, 0.15) is 0 Å². The van der Waals surface area contributed by atoms with Gasteiger partial charge in [-0.1, -0.05) is 0 Å². The van der Waals surface area contributed by atoms with Gasteiger partial charge in [-0.2, -0.15) is 0 Å². The second-order valence-electron chi connectivity index (χ2n) is 5.72. The molecule has 0 radical (unpaired) electrons. The number of allylic oxidation sites excluding steroid dienone is 6. The zero-order chi connectivity index (χ0) is 16.4. The summed E-state index contributed by atoms with van der Waals surface area (Å²) in [5.74, 6) is 0. The zero-order valence-electron chi connectivity index (χ0n) is 13.2. The first-order valence-corrected chi connectivity index (χ1v) is 17.7. The van der Waals surface area contributed by atoms with Gasteiger partial charge in [0.15, 0.2) is 0 Å². The number of rotatable bonds is 2. The molecule has 0 fully saturated rings. The van der Waals surface area contributed by atoms with Gasteiger partial charge in [0.05, 0.1) is 0 Å². The van der Waals surface area contributed by atoms with Crippen molar-refractivity contribution >= 4 is 45.1 Å². The summed E-state index contributed by atoms with van der Waals surface area (Å²) in [4.78, 5) is 0. The summed E-state index contributed by atoms with van der Waals surface area (Å²) < 4.78 is 2.30. The Hall–Kier alpha value is -0.961. The molecule has 0 aromatic heterocycles. The Bertz CT molecular complexity index is 733. The average Bonchev–Trinajstić information content (AvgIpc) is 2.90. The molecule has 0 saturated heterocycles. The van der Waals surface area contributed by atoms with Gasteiger partial charge in [0.2, 0.25) is 0 Å². The van der Waals surface area contributed by atoms with E-state index in [2.05, 4.69) is 50.3 Å². The van der Waals surface area contributed by atoms with Crippen molar-refractivity contribution in [1.82, 2.24) is 0 Å². The van der Waals surface area contributed by atoms with Crippen LogP contribution in [0.2, 0.25) is 0 Å². The van der Waals surface area contributed by atoms with E-state index in [1.165, 1.54) is 22.3 Å². The average molecular weight is 448 g/mol. The van der Waals surface area contributed by atoms with Crippen LogP contribution in [0.4, 0.5) is 0 Å². The van der Waals surface area contributed by atoms with Gasteiger partial charge in [-0.05, 0) is 0 Å². The van der Waals surface area contributed by atoms with Crippen LogP contribution in [0.15, 0.2) is 80.0 Å². The van der Waals surface area contributed by atoms with Crippen molar-refractivity contribution in [3.63, 3.8) is 0 Å². The minimum absolute atomic E-state index is 1.15. The molecule has 2 aromatic rings. The van der Waals surface area contributed by atoms with Crippen molar-refractivity contribution in [3.05, 3.63) is 91.1 Å². The van der Waals surface area contributed by atoms with Crippen LogP contribution in [0.3, 0.4) is 0 Å².